The summed E-state index contributed by atoms with van der Waals surface area (Å²) in [5.41, 5.74) is 7.96. The monoisotopic (exact) mass is 347 g/mol. The van der Waals surface area contributed by atoms with Crippen LogP contribution in [-0.2, 0) is 0 Å². The lowest BCUT2D eigenvalue weighted by atomic mass is 9.95. The molecule has 1 aromatic heterocycles. The van der Waals surface area contributed by atoms with Gasteiger partial charge in [-0.2, -0.15) is 0 Å². The molecular weight excluding hydrogens is 334 g/mol. The van der Waals surface area contributed by atoms with E-state index in [2.05, 4.69) is 0 Å². The molecule has 0 bridgehead atoms. The highest BCUT2D eigenvalue weighted by Crippen LogP contribution is 2.42. The maximum Gasteiger partial charge on any atom is 0.339 e. The number of rotatable bonds is 3. The van der Waals surface area contributed by atoms with Gasteiger partial charge in [-0.25, -0.2) is 9.59 Å². The van der Waals surface area contributed by atoms with E-state index in [-0.39, 0.29) is 28.0 Å². The first kappa shape index (κ1) is 15.7. The normalized spacial score (nSPS) is 11.1. The second-order valence-corrected chi connectivity index (χ2v) is 5.85. The quantitative estimate of drug-likeness (QED) is 0.478. The first-order valence-corrected chi connectivity index (χ1v) is 7.78. The predicted octanol–water partition coefficient (Wildman–Crippen LogP) is 4.23. The lowest BCUT2D eigenvalue weighted by molar-refractivity contribution is 0.0688. The van der Waals surface area contributed by atoms with E-state index in [1.807, 2.05) is 30.3 Å². The standard InChI is InChI=1S/C20H13NO5/c21-14-9-13(20(24)25)18-16(15(14)10-5-2-1-3-6-10)11-7-4-8-12(19(22)23)17(11)26-18/h1-9H,21H2,(H,22,23)(H,24,25). The number of aromatic carboxylic acids is 2. The maximum atomic E-state index is 11.7. The molecular formula is C20H13NO5. The number of hydrogen-bond donors (Lipinski definition) is 3. The third-order valence-electron chi connectivity index (χ3n) is 4.32. The molecule has 26 heavy (non-hydrogen) atoms. The van der Waals surface area contributed by atoms with Crippen molar-refractivity contribution in [1.82, 2.24) is 0 Å². The third-order valence-corrected chi connectivity index (χ3v) is 4.32. The van der Waals surface area contributed by atoms with Crippen molar-refractivity contribution >= 4 is 39.6 Å². The lowest BCUT2D eigenvalue weighted by Crippen LogP contribution is -2.00. The number of nitrogen functional groups attached to an aromatic ring is 1. The minimum Gasteiger partial charge on any atom is -0.478 e. The fraction of sp³-hybridized carbons (Fsp3) is 0. The Morgan fingerprint density at radius 1 is 0.846 bits per heavy atom. The second kappa shape index (κ2) is 5.63. The number of anilines is 1. The first-order chi connectivity index (χ1) is 12.5. The number of hydrogen-bond acceptors (Lipinski definition) is 4. The van der Waals surface area contributed by atoms with Crippen LogP contribution in [0.4, 0.5) is 5.69 Å². The highest BCUT2D eigenvalue weighted by Gasteiger charge is 2.24. The number of furan rings is 1. The van der Waals surface area contributed by atoms with Gasteiger partial charge in [0, 0.05) is 22.0 Å². The summed E-state index contributed by atoms with van der Waals surface area (Å²) in [5, 5.41) is 20.0. The average molecular weight is 347 g/mol. The van der Waals surface area contributed by atoms with E-state index >= 15 is 0 Å². The molecule has 0 unspecified atom stereocenters. The van der Waals surface area contributed by atoms with Crippen molar-refractivity contribution in [3.63, 3.8) is 0 Å². The SMILES string of the molecule is Nc1cc(C(=O)O)c2oc3c(C(=O)O)cccc3c2c1-c1ccccc1. The third kappa shape index (κ3) is 2.20. The summed E-state index contributed by atoms with van der Waals surface area (Å²) in [6.45, 7) is 0. The molecule has 4 N–H and O–H groups in total. The summed E-state index contributed by atoms with van der Waals surface area (Å²) >= 11 is 0. The summed E-state index contributed by atoms with van der Waals surface area (Å²) < 4.78 is 5.74. The van der Waals surface area contributed by atoms with Gasteiger partial charge in [0.1, 0.15) is 16.7 Å². The van der Waals surface area contributed by atoms with Crippen LogP contribution in [-0.4, -0.2) is 22.2 Å². The fourth-order valence-electron chi connectivity index (χ4n) is 3.24. The van der Waals surface area contributed by atoms with Crippen LogP contribution in [0.5, 0.6) is 0 Å². The molecule has 0 amide bonds. The van der Waals surface area contributed by atoms with Crippen molar-refractivity contribution < 1.29 is 24.2 Å². The Kier molecular flexibility index (Phi) is 3.40. The molecule has 0 aliphatic rings. The Balaban J connectivity index is 2.26. The smallest absolute Gasteiger partial charge is 0.339 e. The number of benzene rings is 3. The van der Waals surface area contributed by atoms with Gasteiger partial charge in [-0.3, -0.25) is 0 Å². The van der Waals surface area contributed by atoms with E-state index < -0.39 is 11.9 Å². The van der Waals surface area contributed by atoms with Crippen LogP contribution < -0.4 is 5.73 Å². The van der Waals surface area contributed by atoms with E-state index in [4.69, 9.17) is 10.2 Å². The van der Waals surface area contributed by atoms with E-state index in [1.165, 1.54) is 12.1 Å². The van der Waals surface area contributed by atoms with Crippen molar-refractivity contribution in [2.24, 2.45) is 0 Å². The number of carboxylic acids is 2. The minimum atomic E-state index is -1.20. The Morgan fingerprint density at radius 2 is 1.54 bits per heavy atom. The van der Waals surface area contributed by atoms with Gasteiger partial charge in [-0.05, 0) is 17.7 Å². The van der Waals surface area contributed by atoms with Crippen LogP contribution in [0.2, 0.25) is 0 Å². The van der Waals surface area contributed by atoms with Crippen molar-refractivity contribution in [3.05, 3.63) is 65.7 Å². The topological polar surface area (TPSA) is 114 Å². The van der Waals surface area contributed by atoms with Crippen LogP contribution in [0.15, 0.2) is 59.0 Å². The zero-order valence-electron chi connectivity index (χ0n) is 13.4. The Hall–Kier alpha value is -3.80. The average Bonchev–Trinajstić information content (AvgIpc) is 3.00. The molecule has 6 heteroatoms. The van der Waals surface area contributed by atoms with Gasteiger partial charge < -0.3 is 20.4 Å². The van der Waals surface area contributed by atoms with Gasteiger partial charge >= 0.3 is 11.9 Å². The van der Waals surface area contributed by atoms with Gasteiger partial charge in [-0.1, -0.05) is 42.5 Å². The predicted molar refractivity (Wildman–Crippen MR) is 97.5 cm³/mol. The molecule has 3 aromatic carbocycles. The Morgan fingerprint density at radius 3 is 2.19 bits per heavy atom. The highest BCUT2D eigenvalue weighted by atomic mass is 16.4. The van der Waals surface area contributed by atoms with E-state index in [0.29, 0.717) is 16.3 Å². The molecule has 0 saturated carbocycles. The van der Waals surface area contributed by atoms with Crippen molar-refractivity contribution in [3.8, 4) is 11.1 Å². The number of nitrogens with two attached hydrogens (primary N) is 1. The summed E-state index contributed by atoms with van der Waals surface area (Å²) in [5.74, 6) is -2.35. The van der Waals surface area contributed by atoms with Gasteiger partial charge in [0.15, 0.2) is 5.58 Å². The molecule has 0 aliphatic heterocycles. The number of fused-ring (bicyclic) bond motifs is 3. The molecule has 4 aromatic rings. The molecule has 0 fully saturated rings. The van der Waals surface area contributed by atoms with E-state index in [0.717, 1.165) is 5.56 Å². The summed E-state index contributed by atoms with van der Waals surface area (Å²) in [6.07, 6.45) is 0. The van der Waals surface area contributed by atoms with Crippen LogP contribution >= 0.6 is 0 Å². The van der Waals surface area contributed by atoms with Crippen LogP contribution in [0.25, 0.3) is 33.1 Å². The molecule has 6 nitrogen and oxygen atoms in total. The molecule has 0 radical (unpaired) electrons. The zero-order chi connectivity index (χ0) is 18.4. The molecule has 128 valence electrons. The second-order valence-electron chi connectivity index (χ2n) is 5.85. The lowest BCUT2D eigenvalue weighted by Gasteiger charge is -2.09. The van der Waals surface area contributed by atoms with Crippen LogP contribution in [0.3, 0.4) is 0 Å². The number of carbonyl (C=O) groups is 2. The van der Waals surface area contributed by atoms with Gasteiger partial charge in [-0.15, -0.1) is 0 Å². The molecule has 0 aliphatic carbocycles. The minimum absolute atomic E-state index is 0.0346. The van der Waals surface area contributed by atoms with Crippen LogP contribution in [0.1, 0.15) is 20.7 Å². The maximum absolute atomic E-state index is 11.7. The summed E-state index contributed by atoms with van der Waals surface area (Å²) in [7, 11) is 0. The molecule has 1 heterocycles. The highest BCUT2D eigenvalue weighted by molar-refractivity contribution is 6.22. The number of carboxylic acid groups (broad SMARTS) is 2. The largest absolute Gasteiger partial charge is 0.478 e. The fourth-order valence-corrected chi connectivity index (χ4v) is 3.24. The Bertz CT molecular complexity index is 1190. The van der Waals surface area contributed by atoms with Crippen molar-refractivity contribution in [2.75, 3.05) is 5.73 Å². The summed E-state index contributed by atoms with van der Waals surface area (Å²) in [4.78, 5) is 23.2. The van der Waals surface area contributed by atoms with Crippen molar-refractivity contribution in [1.29, 1.82) is 0 Å². The zero-order valence-corrected chi connectivity index (χ0v) is 13.4. The van der Waals surface area contributed by atoms with E-state index in [1.54, 1.807) is 12.1 Å². The summed E-state index contributed by atoms with van der Waals surface area (Å²) in [6, 6.07) is 15.3. The van der Waals surface area contributed by atoms with Crippen LogP contribution in [0, 0.1) is 0 Å². The van der Waals surface area contributed by atoms with Crippen molar-refractivity contribution in [2.45, 2.75) is 0 Å². The molecule has 0 spiro atoms. The first-order valence-electron chi connectivity index (χ1n) is 7.78. The van der Waals surface area contributed by atoms with Gasteiger partial charge in [0.25, 0.3) is 0 Å². The van der Waals surface area contributed by atoms with Gasteiger partial charge in [0.2, 0.25) is 0 Å². The van der Waals surface area contributed by atoms with E-state index in [9.17, 15) is 19.8 Å². The molecule has 0 saturated heterocycles. The Labute approximate surface area is 147 Å². The molecule has 0 atom stereocenters. The number of para-hydroxylation sites is 1. The molecule has 4 rings (SSSR count). The van der Waals surface area contributed by atoms with Gasteiger partial charge in [0.05, 0.1) is 0 Å².